The molecule has 23 aromatic carbocycles. The Morgan fingerprint density at radius 1 is 0.0685 bits per heavy atom. The van der Waals surface area contributed by atoms with E-state index in [1.807, 2.05) is 0 Å². The third kappa shape index (κ3) is 19.8. The highest BCUT2D eigenvalue weighted by Gasteiger charge is 2.19. The first-order chi connectivity index (χ1) is 72.2. The molecule has 0 fully saturated rings. The van der Waals surface area contributed by atoms with Crippen LogP contribution < -0.4 is 0 Å². The van der Waals surface area contributed by atoms with Crippen LogP contribution in [0.2, 0.25) is 0 Å². The van der Waals surface area contributed by atoms with Gasteiger partial charge in [0.1, 0.15) is 0 Å². The molecule has 0 aliphatic heterocycles. The molecule has 3 heteroatoms. The van der Waals surface area contributed by atoms with Crippen LogP contribution in [0.1, 0.15) is 0 Å². The molecule has 0 amide bonds. The Labute approximate surface area is 852 Å². The maximum atomic E-state index is 5.27. The van der Waals surface area contributed by atoms with Gasteiger partial charge < -0.3 is 0 Å². The van der Waals surface area contributed by atoms with Gasteiger partial charge in [0.05, 0.1) is 34.2 Å². The van der Waals surface area contributed by atoms with E-state index in [4.69, 9.17) is 15.0 Å². The predicted octanol–water partition coefficient (Wildman–Crippen LogP) is 39.0. The van der Waals surface area contributed by atoms with Crippen molar-refractivity contribution >= 4 is 53.9 Å². The van der Waals surface area contributed by atoms with Crippen LogP contribution in [-0.4, -0.2) is 15.0 Å². The number of aromatic nitrogens is 3. The molecule has 0 spiro atoms. The Balaban J connectivity index is 0.000000118. The fourth-order valence-corrected chi connectivity index (χ4v) is 19.9. The molecule has 146 heavy (non-hydrogen) atoms. The molecule has 26 rings (SSSR count). The minimum absolute atomic E-state index is 0.950. The first kappa shape index (κ1) is 89.4. The highest BCUT2D eigenvalue weighted by Crippen LogP contribution is 2.42. The van der Waals surface area contributed by atoms with E-state index < -0.39 is 0 Å². The van der Waals surface area contributed by atoms with Crippen LogP contribution in [0.5, 0.6) is 0 Å². The van der Waals surface area contributed by atoms with E-state index in [0.29, 0.717) is 0 Å². The molecule has 3 nitrogen and oxygen atoms in total. The number of rotatable bonds is 18. The first-order valence-electron chi connectivity index (χ1n) is 49.9. The van der Waals surface area contributed by atoms with E-state index in [-0.39, 0.29) is 0 Å². The number of hydrogen-bond donors (Lipinski definition) is 0. The van der Waals surface area contributed by atoms with Crippen molar-refractivity contribution in [1.82, 2.24) is 15.0 Å². The van der Waals surface area contributed by atoms with Crippen molar-refractivity contribution in [1.29, 1.82) is 0 Å². The number of fused-ring (bicyclic) bond motifs is 5. The average Bonchev–Trinajstić information content (AvgIpc) is 0.789. The fourth-order valence-electron chi connectivity index (χ4n) is 19.9. The lowest BCUT2D eigenvalue weighted by atomic mass is 9.95. The molecule has 0 N–H and O–H groups in total. The molecular formula is C143H97N3. The SMILES string of the molecule is c1ccc(-c2ccc(-c3cc(-c4ccc(-c5ccc6ccccc6c5)cc4)nc(-c4ccc(-c5ccc6ccccc6c5)cc4)c3)cc2)cc1.c1ccc(-c2ccc(-c3cc(-c4ccc(-c5ccccc5)cc4)nc(-c4ccc(-c5ccc6ccccc6c5)cc4)c3)cc2)cc1.c1ccc(-c2cccc(-c3cc(-c4ccc(-c5ccc6ccccc6c5)cc4)nc(-c4ccc(-c5ccc6ccccc6c5)cc4)c3)c2)cc1. The van der Waals surface area contributed by atoms with Gasteiger partial charge in [-0.3, -0.25) is 0 Å². The van der Waals surface area contributed by atoms with Crippen molar-refractivity contribution in [2.75, 3.05) is 0 Å². The maximum Gasteiger partial charge on any atom is 0.0715 e. The zero-order valence-corrected chi connectivity index (χ0v) is 80.3. The molecule has 0 radical (unpaired) electrons. The lowest BCUT2D eigenvalue weighted by Crippen LogP contribution is -1.92. The lowest BCUT2D eigenvalue weighted by molar-refractivity contribution is 1.32. The summed E-state index contributed by atoms with van der Waals surface area (Å²) in [7, 11) is 0. The van der Waals surface area contributed by atoms with Gasteiger partial charge in [-0.1, -0.05) is 516 Å². The summed E-state index contributed by atoms with van der Waals surface area (Å²) in [4.78, 5) is 15.7. The summed E-state index contributed by atoms with van der Waals surface area (Å²) in [5, 5.41) is 12.5. The number of nitrogens with zero attached hydrogens (tertiary/aromatic N) is 3. The van der Waals surface area contributed by atoms with Gasteiger partial charge in [0.25, 0.3) is 0 Å². The van der Waals surface area contributed by atoms with Gasteiger partial charge >= 0.3 is 0 Å². The molecule has 3 heterocycles. The molecule has 0 unspecified atom stereocenters. The van der Waals surface area contributed by atoms with Crippen molar-refractivity contribution < 1.29 is 0 Å². The number of pyridine rings is 3. The summed E-state index contributed by atoms with van der Waals surface area (Å²) in [5.74, 6) is 0. The summed E-state index contributed by atoms with van der Waals surface area (Å²) < 4.78 is 0. The second-order valence-corrected chi connectivity index (χ2v) is 37.4. The summed E-state index contributed by atoms with van der Waals surface area (Å²) in [6.07, 6.45) is 0. The molecule has 0 atom stereocenters. The molecule has 0 aliphatic carbocycles. The van der Waals surface area contributed by atoms with Gasteiger partial charge in [0.15, 0.2) is 0 Å². The van der Waals surface area contributed by atoms with Crippen LogP contribution in [0.3, 0.4) is 0 Å². The molecule has 0 bridgehead atoms. The van der Waals surface area contributed by atoms with Gasteiger partial charge in [-0.2, -0.15) is 0 Å². The normalized spacial score (nSPS) is 11.2. The Bertz CT molecular complexity index is 8790. The zero-order valence-electron chi connectivity index (χ0n) is 80.3. The van der Waals surface area contributed by atoms with E-state index in [9.17, 15) is 0 Å². The molecule has 0 saturated carbocycles. The third-order valence-electron chi connectivity index (χ3n) is 28.0. The van der Waals surface area contributed by atoms with E-state index in [1.54, 1.807) is 0 Å². The third-order valence-corrected chi connectivity index (χ3v) is 28.0. The lowest BCUT2D eigenvalue weighted by Gasteiger charge is -2.13. The summed E-state index contributed by atoms with van der Waals surface area (Å²) in [6, 6.07) is 211. The Kier molecular flexibility index (Phi) is 25.1. The minimum atomic E-state index is 0.950. The van der Waals surface area contributed by atoms with E-state index in [2.05, 4.69) is 588 Å². The van der Waals surface area contributed by atoms with Crippen molar-refractivity contribution in [3.05, 3.63) is 588 Å². The molecule has 684 valence electrons. The van der Waals surface area contributed by atoms with Crippen LogP contribution in [0.25, 0.3) is 255 Å². The smallest absolute Gasteiger partial charge is 0.0715 e. The van der Waals surface area contributed by atoms with E-state index in [1.165, 1.54) is 160 Å². The maximum absolute atomic E-state index is 5.27. The monoisotopic (exact) mass is 1860 g/mol. The molecule has 3 aromatic heterocycles. The second kappa shape index (κ2) is 40.9. The summed E-state index contributed by atoms with van der Waals surface area (Å²) in [5.41, 5.74) is 40.8. The Morgan fingerprint density at radius 3 is 0.397 bits per heavy atom. The quantitative estimate of drug-likeness (QED) is 0.0859. The van der Waals surface area contributed by atoms with Crippen LogP contribution in [-0.2, 0) is 0 Å². The first-order valence-corrected chi connectivity index (χ1v) is 49.9. The second-order valence-electron chi connectivity index (χ2n) is 37.4. The van der Waals surface area contributed by atoms with Gasteiger partial charge in [0.2, 0.25) is 0 Å². The van der Waals surface area contributed by atoms with Crippen molar-refractivity contribution in [2.24, 2.45) is 0 Å². The van der Waals surface area contributed by atoms with Crippen LogP contribution >= 0.6 is 0 Å². The Hall–Kier alpha value is -19.2. The van der Waals surface area contributed by atoms with Crippen LogP contribution in [0.4, 0.5) is 0 Å². The number of benzene rings is 23. The highest BCUT2D eigenvalue weighted by molar-refractivity contribution is 5.95. The minimum Gasteiger partial charge on any atom is -0.248 e. The van der Waals surface area contributed by atoms with Gasteiger partial charge in [-0.25, -0.2) is 15.0 Å². The largest absolute Gasteiger partial charge is 0.248 e. The summed E-state index contributed by atoms with van der Waals surface area (Å²) >= 11 is 0. The van der Waals surface area contributed by atoms with E-state index in [0.717, 1.165) is 95.4 Å². The predicted molar refractivity (Wildman–Crippen MR) is 618 cm³/mol. The molecular weight excluding hydrogens is 1760 g/mol. The highest BCUT2D eigenvalue weighted by atomic mass is 14.7. The van der Waals surface area contributed by atoms with E-state index >= 15 is 0 Å². The Morgan fingerprint density at radius 2 is 0.192 bits per heavy atom. The van der Waals surface area contributed by atoms with Crippen molar-refractivity contribution in [2.45, 2.75) is 0 Å². The van der Waals surface area contributed by atoms with Gasteiger partial charge in [-0.15, -0.1) is 0 Å². The van der Waals surface area contributed by atoms with Crippen LogP contribution in [0.15, 0.2) is 588 Å². The van der Waals surface area contributed by atoms with Gasteiger partial charge in [0, 0.05) is 33.4 Å². The molecule has 0 aliphatic rings. The molecule has 26 aromatic rings. The van der Waals surface area contributed by atoms with Crippen LogP contribution in [0, 0.1) is 0 Å². The standard InChI is InChI=1S/2C49H33N.C45H31N/c1-2-9-34(10-3-1)43-15-8-16-44(29-43)47-32-48(39-23-17-37(18-24-39)45-27-21-35-11-4-6-13-41(35)30-45)50-49(33-47)40-25-19-38(20-26-40)46-28-22-36-12-5-7-14-42(36)31-46;1-2-8-34(9-3-1)37-14-16-40(17-15-37)47-32-48(41-24-18-38(19-25-41)45-28-22-35-10-4-6-12-43(35)30-45)50-49(33-47)42-26-20-39(21-27-42)46-29-23-36-11-5-7-13-44(36)31-46;1-3-9-32(10-4-1)35-15-17-38(18-16-35)43-30-44(39-24-19-36(20-25-39)33-11-5-2-6-12-33)46-45(31-43)40-26-21-37(22-27-40)42-28-23-34-13-7-8-14-41(34)29-42/h2*1-33H;1-31H. The zero-order chi connectivity index (χ0) is 97.3. The fraction of sp³-hybridized carbons (Fsp3) is 0. The molecule has 0 saturated heterocycles. The number of hydrogen-bond acceptors (Lipinski definition) is 3. The average molecular weight is 1860 g/mol. The van der Waals surface area contributed by atoms with Crippen molar-refractivity contribution in [3.63, 3.8) is 0 Å². The van der Waals surface area contributed by atoms with Gasteiger partial charge in [-0.05, 0) is 260 Å². The topological polar surface area (TPSA) is 38.7 Å². The summed E-state index contributed by atoms with van der Waals surface area (Å²) in [6.45, 7) is 0. The van der Waals surface area contributed by atoms with Crippen molar-refractivity contribution in [3.8, 4) is 201 Å².